The summed E-state index contributed by atoms with van der Waals surface area (Å²) < 4.78 is 5.23. The van der Waals surface area contributed by atoms with Gasteiger partial charge in [0.25, 0.3) is 0 Å². The van der Waals surface area contributed by atoms with Crippen LogP contribution < -0.4 is 11.1 Å². The number of methoxy groups -OCH3 is 1. The average Bonchev–Trinajstić information content (AvgIpc) is 2.36. The molecule has 3 nitrogen and oxygen atoms in total. The van der Waals surface area contributed by atoms with E-state index in [4.69, 9.17) is 22.1 Å². The minimum absolute atomic E-state index is 0.205. The highest BCUT2D eigenvalue weighted by atomic mass is 35.5. The standard InChI is InChI=1S/C14H23ClN2O/c1-11(13-7-3-4-8-14(13)15)17-12(10-18-2)6-5-9-16/h3-4,7-8,11-12,17H,5-6,9-10,16H2,1-2H3. The van der Waals surface area contributed by atoms with Gasteiger partial charge in [0.2, 0.25) is 0 Å². The van der Waals surface area contributed by atoms with Crippen LogP contribution in [0.2, 0.25) is 5.02 Å². The van der Waals surface area contributed by atoms with Crippen LogP contribution in [0, 0.1) is 0 Å². The third-order valence-corrected chi connectivity index (χ3v) is 3.33. The lowest BCUT2D eigenvalue weighted by Crippen LogP contribution is -2.35. The highest BCUT2D eigenvalue weighted by Gasteiger charge is 2.14. The smallest absolute Gasteiger partial charge is 0.0616 e. The van der Waals surface area contributed by atoms with E-state index in [-0.39, 0.29) is 6.04 Å². The number of nitrogens with two attached hydrogens (primary N) is 1. The van der Waals surface area contributed by atoms with Gasteiger partial charge in [0.05, 0.1) is 6.61 Å². The molecule has 0 aliphatic heterocycles. The van der Waals surface area contributed by atoms with Gasteiger partial charge < -0.3 is 15.8 Å². The highest BCUT2D eigenvalue weighted by molar-refractivity contribution is 6.31. The minimum Gasteiger partial charge on any atom is -0.383 e. The molecule has 102 valence electrons. The molecule has 0 bridgehead atoms. The number of hydrogen-bond donors (Lipinski definition) is 2. The van der Waals surface area contributed by atoms with Crippen LogP contribution in [0.3, 0.4) is 0 Å². The van der Waals surface area contributed by atoms with Crippen LogP contribution in [-0.2, 0) is 4.74 Å². The van der Waals surface area contributed by atoms with Crippen molar-refractivity contribution in [2.45, 2.75) is 31.8 Å². The van der Waals surface area contributed by atoms with Crippen molar-refractivity contribution in [2.75, 3.05) is 20.3 Å². The summed E-state index contributed by atoms with van der Waals surface area (Å²) in [4.78, 5) is 0. The normalized spacial score (nSPS) is 14.4. The van der Waals surface area contributed by atoms with Gasteiger partial charge in [-0.2, -0.15) is 0 Å². The summed E-state index contributed by atoms with van der Waals surface area (Å²) in [6.07, 6.45) is 2.01. The van der Waals surface area contributed by atoms with E-state index in [2.05, 4.69) is 12.2 Å². The molecule has 4 heteroatoms. The lowest BCUT2D eigenvalue weighted by Gasteiger charge is -2.23. The summed E-state index contributed by atoms with van der Waals surface area (Å²) in [6.45, 7) is 3.52. The Balaban J connectivity index is 2.60. The van der Waals surface area contributed by atoms with Crippen LogP contribution in [-0.4, -0.2) is 26.3 Å². The molecular formula is C14H23ClN2O. The fourth-order valence-corrected chi connectivity index (χ4v) is 2.35. The number of nitrogens with one attached hydrogen (secondary N) is 1. The fraction of sp³-hybridized carbons (Fsp3) is 0.571. The number of ether oxygens (including phenoxy) is 1. The molecule has 0 radical (unpaired) electrons. The molecule has 3 N–H and O–H groups in total. The van der Waals surface area contributed by atoms with Gasteiger partial charge in [0, 0.05) is 24.2 Å². The Labute approximate surface area is 115 Å². The molecule has 2 atom stereocenters. The SMILES string of the molecule is COCC(CCCN)NC(C)c1ccccc1Cl. The summed E-state index contributed by atoms with van der Waals surface area (Å²) in [6, 6.07) is 8.43. The van der Waals surface area contributed by atoms with Crippen molar-refractivity contribution >= 4 is 11.6 Å². The second-order valence-corrected chi connectivity index (χ2v) is 4.90. The third-order valence-electron chi connectivity index (χ3n) is 2.98. The molecule has 0 aromatic heterocycles. The van der Waals surface area contributed by atoms with E-state index in [1.807, 2.05) is 24.3 Å². The summed E-state index contributed by atoms with van der Waals surface area (Å²) in [5.41, 5.74) is 6.67. The Bertz CT molecular complexity index is 346. The van der Waals surface area contributed by atoms with Gasteiger partial charge in [0.15, 0.2) is 0 Å². The van der Waals surface area contributed by atoms with Gasteiger partial charge in [-0.25, -0.2) is 0 Å². The van der Waals surface area contributed by atoms with E-state index >= 15 is 0 Å². The number of halogens is 1. The molecule has 0 fully saturated rings. The molecule has 1 rings (SSSR count). The van der Waals surface area contributed by atoms with E-state index in [1.165, 1.54) is 0 Å². The monoisotopic (exact) mass is 270 g/mol. The number of hydrogen-bond acceptors (Lipinski definition) is 3. The average molecular weight is 271 g/mol. The molecule has 18 heavy (non-hydrogen) atoms. The molecule has 0 heterocycles. The first-order valence-corrected chi connectivity index (χ1v) is 6.76. The van der Waals surface area contributed by atoms with Crippen molar-refractivity contribution in [3.05, 3.63) is 34.9 Å². The minimum atomic E-state index is 0.205. The van der Waals surface area contributed by atoms with Crippen molar-refractivity contribution in [2.24, 2.45) is 5.73 Å². The molecule has 0 aliphatic carbocycles. The summed E-state index contributed by atoms with van der Waals surface area (Å²) in [7, 11) is 1.72. The van der Waals surface area contributed by atoms with Gasteiger partial charge in [0.1, 0.15) is 0 Å². The van der Waals surface area contributed by atoms with E-state index in [0.29, 0.717) is 19.2 Å². The van der Waals surface area contributed by atoms with E-state index < -0.39 is 0 Å². The molecule has 0 amide bonds. The zero-order valence-electron chi connectivity index (χ0n) is 11.2. The molecule has 0 aliphatic rings. The quantitative estimate of drug-likeness (QED) is 0.764. The summed E-state index contributed by atoms with van der Waals surface area (Å²) in [5, 5.41) is 4.34. The Morgan fingerprint density at radius 1 is 1.39 bits per heavy atom. The van der Waals surface area contributed by atoms with Crippen LogP contribution in [0.25, 0.3) is 0 Å². The van der Waals surface area contributed by atoms with Crippen molar-refractivity contribution in [3.63, 3.8) is 0 Å². The van der Waals surface area contributed by atoms with Crippen LogP contribution in [0.5, 0.6) is 0 Å². The Kier molecular flexibility index (Phi) is 7.28. The van der Waals surface area contributed by atoms with Crippen LogP contribution >= 0.6 is 11.6 Å². The van der Waals surface area contributed by atoms with Gasteiger partial charge in [-0.05, 0) is 37.9 Å². The van der Waals surface area contributed by atoms with Gasteiger partial charge in [-0.3, -0.25) is 0 Å². The van der Waals surface area contributed by atoms with Crippen molar-refractivity contribution < 1.29 is 4.74 Å². The highest BCUT2D eigenvalue weighted by Crippen LogP contribution is 2.22. The van der Waals surface area contributed by atoms with Crippen LogP contribution in [0.1, 0.15) is 31.4 Å². The second-order valence-electron chi connectivity index (χ2n) is 4.49. The van der Waals surface area contributed by atoms with Gasteiger partial charge >= 0.3 is 0 Å². The first-order valence-electron chi connectivity index (χ1n) is 6.38. The molecule has 0 saturated carbocycles. The van der Waals surface area contributed by atoms with Crippen LogP contribution in [0.15, 0.2) is 24.3 Å². The Morgan fingerprint density at radius 3 is 2.72 bits per heavy atom. The maximum atomic E-state index is 6.19. The van der Waals surface area contributed by atoms with E-state index in [1.54, 1.807) is 7.11 Å². The van der Waals surface area contributed by atoms with Gasteiger partial charge in [-0.1, -0.05) is 29.8 Å². The lowest BCUT2D eigenvalue weighted by molar-refractivity contribution is 0.156. The molecule has 2 unspecified atom stereocenters. The lowest BCUT2D eigenvalue weighted by atomic mass is 10.1. The third kappa shape index (κ3) is 4.94. The zero-order valence-corrected chi connectivity index (χ0v) is 11.9. The molecule has 0 saturated heterocycles. The Morgan fingerprint density at radius 2 is 2.11 bits per heavy atom. The van der Waals surface area contributed by atoms with Gasteiger partial charge in [-0.15, -0.1) is 0 Å². The van der Waals surface area contributed by atoms with Crippen LogP contribution in [0.4, 0.5) is 0 Å². The number of benzene rings is 1. The van der Waals surface area contributed by atoms with Crippen molar-refractivity contribution in [1.29, 1.82) is 0 Å². The first kappa shape index (κ1) is 15.4. The predicted molar refractivity (Wildman–Crippen MR) is 77.0 cm³/mol. The molecule has 1 aromatic rings. The second kappa shape index (κ2) is 8.48. The number of rotatable bonds is 8. The molecule has 0 spiro atoms. The van der Waals surface area contributed by atoms with E-state index in [0.717, 1.165) is 23.4 Å². The fourth-order valence-electron chi connectivity index (χ4n) is 2.05. The maximum Gasteiger partial charge on any atom is 0.0616 e. The first-order chi connectivity index (χ1) is 8.69. The van der Waals surface area contributed by atoms with E-state index in [9.17, 15) is 0 Å². The predicted octanol–water partition coefficient (Wildman–Crippen LogP) is 2.74. The largest absolute Gasteiger partial charge is 0.383 e. The summed E-state index contributed by atoms with van der Waals surface area (Å²) in [5.74, 6) is 0. The molecule has 1 aromatic carbocycles. The van der Waals surface area contributed by atoms with Crippen molar-refractivity contribution in [3.8, 4) is 0 Å². The molecular weight excluding hydrogens is 248 g/mol. The van der Waals surface area contributed by atoms with Crippen molar-refractivity contribution in [1.82, 2.24) is 5.32 Å². The summed E-state index contributed by atoms with van der Waals surface area (Å²) >= 11 is 6.19. The zero-order chi connectivity index (χ0) is 13.4. The maximum absolute atomic E-state index is 6.19. The Hall–Kier alpha value is -0.610. The topological polar surface area (TPSA) is 47.3 Å².